The summed E-state index contributed by atoms with van der Waals surface area (Å²) >= 11 is 0. The number of hydrogen-bond donors (Lipinski definition) is 2. The normalized spacial score (nSPS) is 23.1. The van der Waals surface area contributed by atoms with E-state index in [9.17, 15) is 13.2 Å². The Morgan fingerprint density at radius 1 is 1.33 bits per heavy atom. The number of carboxylic acids is 1. The molecule has 0 saturated heterocycles. The Morgan fingerprint density at radius 2 is 1.95 bits per heavy atom. The Kier molecular flexibility index (Phi) is 4.67. The summed E-state index contributed by atoms with van der Waals surface area (Å²) in [6, 6.07) is 0. The van der Waals surface area contributed by atoms with E-state index in [4.69, 9.17) is 9.63 Å². The van der Waals surface area contributed by atoms with Gasteiger partial charge in [0.05, 0.1) is 5.92 Å². The van der Waals surface area contributed by atoms with Gasteiger partial charge in [0.15, 0.2) is 5.76 Å². The SMILES string of the molecule is Cc1noc(C)c1S(=O)(=O)NCC1CCC(C(=O)O)CC1. The van der Waals surface area contributed by atoms with Gasteiger partial charge in [0, 0.05) is 6.54 Å². The molecule has 1 aliphatic rings. The van der Waals surface area contributed by atoms with Crippen LogP contribution in [-0.4, -0.2) is 31.2 Å². The standard InChI is InChI=1S/C13H20N2O5S/c1-8-12(9(2)20-15-8)21(18,19)14-7-10-3-5-11(6-4-10)13(16)17/h10-11,14H,3-7H2,1-2H3,(H,16,17). The highest BCUT2D eigenvalue weighted by molar-refractivity contribution is 7.89. The Morgan fingerprint density at radius 3 is 2.43 bits per heavy atom. The van der Waals surface area contributed by atoms with Crippen LogP contribution in [0.1, 0.15) is 37.1 Å². The molecule has 0 amide bonds. The largest absolute Gasteiger partial charge is 0.481 e. The maximum atomic E-state index is 12.2. The monoisotopic (exact) mass is 316 g/mol. The van der Waals surface area contributed by atoms with E-state index in [1.807, 2.05) is 0 Å². The average molecular weight is 316 g/mol. The van der Waals surface area contributed by atoms with E-state index in [0.717, 1.165) is 12.8 Å². The Balaban J connectivity index is 1.93. The second-order valence-electron chi connectivity index (χ2n) is 5.56. The van der Waals surface area contributed by atoms with Crippen LogP contribution < -0.4 is 4.72 Å². The van der Waals surface area contributed by atoms with Crippen LogP contribution in [-0.2, 0) is 14.8 Å². The first-order valence-electron chi connectivity index (χ1n) is 6.96. The van der Waals surface area contributed by atoms with Crippen LogP contribution in [0, 0.1) is 25.7 Å². The van der Waals surface area contributed by atoms with E-state index < -0.39 is 16.0 Å². The molecule has 1 aromatic heterocycles. The fourth-order valence-electron chi connectivity index (χ4n) is 2.77. The van der Waals surface area contributed by atoms with Crippen molar-refractivity contribution in [3.63, 3.8) is 0 Å². The highest BCUT2D eigenvalue weighted by atomic mass is 32.2. The molecule has 1 aromatic rings. The molecule has 118 valence electrons. The van der Waals surface area contributed by atoms with Crippen LogP contribution in [0.3, 0.4) is 0 Å². The summed E-state index contributed by atoms with van der Waals surface area (Å²) in [6.07, 6.45) is 2.66. The fourth-order valence-corrected chi connectivity index (χ4v) is 4.21. The second kappa shape index (κ2) is 6.15. The van der Waals surface area contributed by atoms with Gasteiger partial charge in [-0.2, -0.15) is 0 Å². The van der Waals surface area contributed by atoms with Crippen LogP contribution in [0.2, 0.25) is 0 Å². The molecule has 8 heteroatoms. The molecule has 2 rings (SSSR count). The lowest BCUT2D eigenvalue weighted by molar-refractivity contribution is -0.143. The topological polar surface area (TPSA) is 110 Å². The van der Waals surface area contributed by atoms with Crippen molar-refractivity contribution in [1.29, 1.82) is 0 Å². The minimum absolute atomic E-state index is 0.0988. The summed E-state index contributed by atoms with van der Waals surface area (Å²) in [5, 5.41) is 12.6. The third-order valence-electron chi connectivity index (χ3n) is 3.99. The molecule has 0 aromatic carbocycles. The highest BCUT2D eigenvalue weighted by Gasteiger charge is 2.28. The molecular formula is C13H20N2O5S. The average Bonchev–Trinajstić information content (AvgIpc) is 2.77. The summed E-state index contributed by atoms with van der Waals surface area (Å²) < 4.78 is 32.0. The Hall–Kier alpha value is -1.41. The van der Waals surface area contributed by atoms with Crippen LogP contribution in [0.15, 0.2) is 9.42 Å². The number of rotatable bonds is 5. The first-order chi connectivity index (χ1) is 9.81. The molecule has 0 unspecified atom stereocenters. The van der Waals surface area contributed by atoms with E-state index in [-0.39, 0.29) is 22.5 Å². The van der Waals surface area contributed by atoms with Crippen molar-refractivity contribution in [2.24, 2.45) is 11.8 Å². The highest BCUT2D eigenvalue weighted by Crippen LogP contribution is 2.29. The van der Waals surface area contributed by atoms with Crippen molar-refractivity contribution < 1.29 is 22.8 Å². The van der Waals surface area contributed by atoms with Crippen molar-refractivity contribution in [2.75, 3.05) is 6.54 Å². The van der Waals surface area contributed by atoms with Gasteiger partial charge in [-0.1, -0.05) is 5.16 Å². The van der Waals surface area contributed by atoms with Crippen molar-refractivity contribution >= 4 is 16.0 Å². The number of nitrogens with one attached hydrogen (secondary N) is 1. The Labute approximate surface area is 123 Å². The van der Waals surface area contributed by atoms with Crippen molar-refractivity contribution in [3.8, 4) is 0 Å². The van der Waals surface area contributed by atoms with E-state index in [2.05, 4.69) is 9.88 Å². The van der Waals surface area contributed by atoms with E-state index in [1.165, 1.54) is 0 Å². The molecule has 21 heavy (non-hydrogen) atoms. The molecule has 1 aliphatic carbocycles. The molecule has 2 N–H and O–H groups in total. The summed E-state index contributed by atoms with van der Waals surface area (Å²) in [6.45, 7) is 3.47. The molecule has 1 fully saturated rings. The molecule has 0 atom stereocenters. The van der Waals surface area contributed by atoms with Gasteiger partial charge in [-0.05, 0) is 45.4 Å². The number of aliphatic carboxylic acids is 1. The zero-order chi connectivity index (χ0) is 15.6. The number of carbonyl (C=O) groups is 1. The lowest BCUT2D eigenvalue weighted by Gasteiger charge is -2.26. The van der Waals surface area contributed by atoms with E-state index in [1.54, 1.807) is 13.8 Å². The van der Waals surface area contributed by atoms with Crippen LogP contribution in [0.25, 0.3) is 0 Å². The third kappa shape index (κ3) is 3.62. The molecular weight excluding hydrogens is 296 g/mol. The summed E-state index contributed by atoms with van der Waals surface area (Å²) in [7, 11) is -3.63. The molecule has 0 aliphatic heterocycles. The smallest absolute Gasteiger partial charge is 0.306 e. The van der Waals surface area contributed by atoms with Gasteiger partial charge in [-0.25, -0.2) is 13.1 Å². The molecule has 1 heterocycles. The molecule has 0 bridgehead atoms. The molecule has 0 spiro atoms. The molecule has 7 nitrogen and oxygen atoms in total. The number of nitrogens with zero attached hydrogens (tertiary/aromatic N) is 1. The second-order valence-corrected chi connectivity index (χ2v) is 7.26. The summed E-state index contributed by atoms with van der Waals surface area (Å²) in [4.78, 5) is 11.0. The van der Waals surface area contributed by atoms with Gasteiger partial charge in [-0.3, -0.25) is 4.79 Å². The first-order valence-corrected chi connectivity index (χ1v) is 8.45. The lowest BCUT2D eigenvalue weighted by atomic mass is 9.82. The quantitative estimate of drug-likeness (QED) is 0.851. The van der Waals surface area contributed by atoms with Gasteiger partial charge in [0.2, 0.25) is 10.0 Å². The van der Waals surface area contributed by atoms with Gasteiger partial charge in [0.1, 0.15) is 10.6 Å². The predicted octanol–water partition coefficient (Wildman–Crippen LogP) is 1.46. The first kappa shape index (κ1) is 16.0. The summed E-state index contributed by atoms with van der Waals surface area (Å²) in [5.41, 5.74) is 0.342. The van der Waals surface area contributed by atoms with Crippen molar-refractivity contribution in [2.45, 2.75) is 44.4 Å². The summed E-state index contributed by atoms with van der Waals surface area (Å²) in [5.74, 6) is -0.601. The van der Waals surface area contributed by atoms with E-state index >= 15 is 0 Å². The zero-order valence-electron chi connectivity index (χ0n) is 12.1. The molecule has 1 saturated carbocycles. The fraction of sp³-hybridized carbons (Fsp3) is 0.692. The van der Waals surface area contributed by atoms with Gasteiger partial charge in [0.25, 0.3) is 0 Å². The minimum atomic E-state index is -3.63. The van der Waals surface area contributed by atoms with Crippen LogP contribution in [0.4, 0.5) is 0 Å². The van der Waals surface area contributed by atoms with Crippen LogP contribution in [0.5, 0.6) is 0 Å². The number of hydrogen-bond acceptors (Lipinski definition) is 5. The number of carboxylic acid groups (broad SMARTS) is 1. The van der Waals surface area contributed by atoms with Crippen molar-refractivity contribution in [1.82, 2.24) is 9.88 Å². The number of sulfonamides is 1. The van der Waals surface area contributed by atoms with E-state index in [0.29, 0.717) is 25.1 Å². The number of aromatic nitrogens is 1. The third-order valence-corrected chi connectivity index (χ3v) is 5.66. The lowest BCUT2D eigenvalue weighted by Crippen LogP contribution is -2.32. The predicted molar refractivity (Wildman–Crippen MR) is 74.2 cm³/mol. The minimum Gasteiger partial charge on any atom is -0.481 e. The van der Waals surface area contributed by atoms with Crippen LogP contribution >= 0.6 is 0 Å². The Bertz CT molecular complexity index is 595. The van der Waals surface area contributed by atoms with Gasteiger partial charge in [-0.15, -0.1) is 0 Å². The number of aryl methyl sites for hydroxylation is 2. The maximum absolute atomic E-state index is 12.2. The van der Waals surface area contributed by atoms with Gasteiger partial charge < -0.3 is 9.63 Å². The molecule has 0 radical (unpaired) electrons. The zero-order valence-corrected chi connectivity index (χ0v) is 12.9. The van der Waals surface area contributed by atoms with Crippen molar-refractivity contribution in [3.05, 3.63) is 11.5 Å². The van der Waals surface area contributed by atoms with Gasteiger partial charge >= 0.3 is 5.97 Å². The maximum Gasteiger partial charge on any atom is 0.306 e.